The minimum Gasteiger partial charge on any atom is -0.369 e. The number of anilines is 1. The summed E-state index contributed by atoms with van der Waals surface area (Å²) in [6.45, 7) is 7.62. The molecule has 0 fully saturated rings. The van der Waals surface area contributed by atoms with E-state index in [4.69, 9.17) is 0 Å². The van der Waals surface area contributed by atoms with Crippen LogP contribution < -0.4 is 4.90 Å². The maximum Gasteiger partial charge on any atom is 0.430 e. The van der Waals surface area contributed by atoms with Crippen LogP contribution in [-0.4, -0.2) is 53.0 Å². The molecule has 0 saturated carbocycles. The van der Waals surface area contributed by atoms with E-state index < -0.39 is 69.2 Å². The number of nitrogens with zero attached hydrogens (tertiary/aromatic N) is 2. The number of halogens is 6. The zero-order valence-electron chi connectivity index (χ0n) is 25.4. The molecule has 2 aliphatic rings. The molecule has 2 heterocycles. The Hall–Kier alpha value is -4.52. The van der Waals surface area contributed by atoms with Crippen LogP contribution in [0.15, 0.2) is 54.6 Å². The van der Waals surface area contributed by atoms with Gasteiger partial charge in [0.25, 0.3) is 29.2 Å². The number of carbonyl (C=O) groups excluding carboxylic acids is 4. The van der Waals surface area contributed by atoms with Gasteiger partial charge in [-0.3, -0.25) is 24.1 Å². The summed E-state index contributed by atoms with van der Waals surface area (Å²) in [7, 11) is 1.36. The first-order valence-corrected chi connectivity index (χ1v) is 14.0. The van der Waals surface area contributed by atoms with Gasteiger partial charge in [-0.25, -0.2) is 4.90 Å². The fraction of sp³-hybridized carbons (Fsp3) is 0.333. The van der Waals surface area contributed by atoms with Gasteiger partial charge in [0.05, 0.1) is 27.9 Å². The van der Waals surface area contributed by atoms with Crippen LogP contribution in [0.3, 0.4) is 0 Å². The van der Waals surface area contributed by atoms with Gasteiger partial charge in [0, 0.05) is 18.0 Å². The van der Waals surface area contributed by atoms with Crippen molar-refractivity contribution in [2.24, 2.45) is 0 Å². The van der Waals surface area contributed by atoms with Gasteiger partial charge in [0.2, 0.25) is 0 Å². The summed E-state index contributed by atoms with van der Waals surface area (Å²) < 4.78 is 84.0. The van der Waals surface area contributed by atoms with Crippen LogP contribution in [0.2, 0.25) is 0 Å². The Kier molecular flexibility index (Phi) is 7.14. The Morgan fingerprint density at radius 2 is 1.00 bits per heavy atom. The highest BCUT2D eigenvalue weighted by atomic mass is 19.4. The standard InChI is InChI=1S/C33H28F6N2O5/c1-29(2,3)23-12-9-18(15-24(23)31(46,32(34,35)36)33(37,38)39)41-27(44)20-11-8-17(14-22(20)28(41)45)30(4,5)16-7-10-19-21(13-16)26(43)40(6)25(19)42/h7-15,46H,1-6H3. The van der Waals surface area contributed by atoms with Crippen molar-refractivity contribution >= 4 is 29.3 Å². The summed E-state index contributed by atoms with van der Waals surface area (Å²) in [5.74, 6) is -2.91. The SMILES string of the molecule is CN1C(=O)c2ccc(C(C)(C)c3ccc4c(c3)C(=O)N(c3ccc(C(C)(C)C)c(C(O)(C(F)(F)F)C(F)(F)F)c3)C4=O)cc2C1=O. The van der Waals surface area contributed by atoms with E-state index in [1.807, 2.05) is 0 Å². The van der Waals surface area contributed by atoms with Crippen molar-refractivity contribution in [3.63, 3.8) is 0 Å². The fourth-order valence-corrected chi connectivity index (χ4v) is 5.87. The molecular weight excluding hydrogens is 618 g/mol. The van der Waals surface area contributed by atoms with Crippen LogP contribution in [0, 0.1) is 0 Å². The van der Waals surface area contributed by atoms with Gasteiger partial charge >= 0.3 is 12.4 Å². The molecule has 0 aromatic heterocycles. The lowest BCUT2D eigenvalue weighted by Crippen LogP contribution is -2.55. The molecule has 46 heavy (non-hydrogen) atoms. The normalized spacial score (nSPS) is 16.0. The maximum absolute atomic E-state index is 14.0. The summed E-state index contributed by atoms with van der Waals surface area (Å²) in [5, 5.41) is 10.3. The van der Waals surface area contributed by atoms with Gasteiger partial charge in [-0.2, -0.15) is 26.3 Å². The lowest BCUT2D eigenvalue weighted by Gasteiger charge is -2.37. The summed E-state index contributed by atoms with van der Waals surface area (Å²) in [5.41, 5.74) is -8.91. The van der Waals surface area contributed by atoms with Crippen molar-refractivity contribution in [2.45, 2.75) is 63.4 Å². The van der Waals surface area contributed by atoms with Gasteiger partial charge < -0.3 is 5.11 Å². The molecule has 4 amide bonds. The molecule has 0 spiro atoms. The molecule has 3 aromatic carbocycles. The third-order valence-corrected chi connectivity index (χ3v) is 8.70. The van der Waals surface area contributed by atoms with Crippen LogP contribution in [-0.2, 0) is 16.4 Å². The van der Waals surface area contributed by atoms with Gasteiger partial charge in [-0.15, -0.1) is 0 Å². The summed E-state index contributed by atoms with van der Waals surface area (Å²) in [6.07, 6.45) is -12.4. The summed E-state index contributed by atoms with van der Waals surface area (Å²) in [4.78, 5) is 53.4. The highest BCUT2D eigenvalue weighted by Crippen LogP contribution is 2.53. The minimum atomic E-state index is -6.20. The zero-order chi connectivity index (χ0) is 34.5. The van der Waals surface area contributed by atoms with Crippen molar-refractivity contribution in [3.05, 3.63) is 99.1 Å². The van der Waals surface area contributed by atoms with E-state index in [2.05, 4.69) is 0 Å². The number of carbonyl (C=O) groups is 4. The largest absolute Gasteiger partial charge is 0.430 e. The first kappa shape index (κ1) is 32.9. The number of rotatable bonds is 4. The Bertz CT molecular complexity index is 1840. The van der Waals surface area contributed by atoms with Gasteiger partial charge in [0.15, 0.2) is 0 Å². The lowest BCUT2D eigenvalue weighted by molar-refractivity contribution is -0.376. The van der Waals surface area contributed by atoms with Crippen LogP contribution in [0.1, 0.15) is 98.3 Å². The number of alkyl halides is 6. The number of benzene rings is 3. The molecule has 3 aromatic rings. The molecule has 7 nitrogen and oxygen atoms in total. The van der Waals surface area contributed by atoms with E-state index in [0.717, 1.165) is 17.0 Å². The Labute approximate surface area is 259 Å². The first-order chi connectivity index (χ1) is 20.9. The number of imide groups is 2. The van der Waals surface area contributed by atoms with E-state index in [1.165, 1.54) is 46.0 Å². The topological polar surface area (TPSA) is 95.0 Å². The number of amides is 4. The zero-order valence-corrected chi connectivity index (χ0v) is 25.4. The number of hydrogen-bond acceptors (Lipinski definition) is 5. The molecule has 2 aliphatic heterocycles. The van der Waals surface area contributed by atoms with E-state index in [9.17, 15) is 50.6 Å². The quantitative estimate of drug-likeness (QED) is 0.253. The van der Waals surface area contributed by atoms with E-state index in [1.54, 1.807) is 32.0 Å². The third-order valence-electron chi connectivity index (χ3n) is 8.70. The third kappa shape index (κ3) is 4.62. The highest BCUT2D eigenvalue weighted by Gasteiger charge is 2.72. The molecule has 1 N–H and O–H groups in total. The van der Waals surface area contributed by atoms with Gasteiger partial charge in [-0.1, -0.05) is 52.8 Å². The Morgan fingerprint density at radius 1 is 0.565 bits per heavy atom. The number of fused-ring (bicyclic) bond motifs is 2. The van der Waals surface area contributed by atoms with Crippen LogP contribution >= 0.6 is 0 Å². The van der Waals surface area contributed by atoms with E-state index >= 15 is 0 Å². The van der Waals surface area contributed by atoms with Crippen LogP contribution in [0.4, 0.5) is 32.0 Å². The smallest absolute Gasteiger partial charge is 0.369 e. The average molecular weight is 647 g/mol. The number of hydrogen-bond donors (Lipinski definition) is 1. The lowest BCUT2D eigenvalue weighted by atomic mass is 9.76. The molecule has 242 valence electrons. The highest BCUT2D eigenvalue weighted by molar-refractivity contribution is 6.34. The fourth-order valence-electron chi connectivity index (χ4n) is 5.87. The van der Waals surface area contributed by atoms with Crippen molar-refractivity contribution in [3.8, 4) is 0 Å². The maximum atomic E-state index is 14.0. The van der Waals surface area contributed by atoms with Crippen molar-refractivity contribution in [2.75, 3.05) is 11.9 Å². The molecule has 0 unspecified atom stereocenters. The van der Waals surface area contributed by atoms with Crippen molar-refractivity contribution < 1.29 is 50.6 Å². The molecular formula is C33H28F6N2O5. The van der Waals surface area contributed by atoms with E-state index in [0.29, 0.717) is 22.1 Å². The Morgan fingerprint density at radius 3 is 1.48 bits per heavy atom. The molecule has 0 bridgehead atoms. The van der Waals surface area contributed by atoms with E-state index in [-0.39, 0.29) is 22.3 Å². The van der Waals surface area contributed by atoms with Crippen molar-refractivity contribution in [1.82, 2.24) is 4.90 Å². The second-order valence-corrected chi connectivity index (χ2v) is 12.9. The van der Waals surface area contributed by atoms with Gasteiger partial charge in [-0.05, 0) is 58.5 Å². The second-order valence-electron chi connectivity index (χ2n) is 12.9. The molecule has 0 saturated heterocycles. The minimum absolute atomic E-state index is 0.135. The number of aliphatic hydroxyl groups is 1. The molecule has 0 aliphatic carbocycles. The monoisotopic (exact) mass is 646 g/mol. The van der Waals surface area contributed by atoms with Gasteiger partial charge in [0.1, 0.15) is 0 Å². The molecule has 13 heteroatoms. The predicted molar refractivity (Wildman–Crippen MR) is 154 cm³/mol. The molecule has 0 radical (unpaired) electrons. The first-order valence-electron chi connectivity index (χ1n) is 14.0. The van der Waals surface area contributed by atoms with Crippen molar-refractivity contribution in [1.29, 1.82) is 0 Å². The van der Waals surface area contributed by atoms with Crippen LogP contribution in [0.5, 0.6) is 0 Å². The predicted octanol–water partition coefficient (Wildman–Crippen LogP) is 6.65. The average Bonchev–Trinajstić information content (AvgIpc) is 3.33. The van der Waals surface area contributed by atoms with Crippen LogP contribution in [0.25, 0.3) is 0 Å². The second kappa shape index (κ2) is 9.99. The summed E-state index contributed by atoms with van der Waals surface area (Å²) >= 11 is 0. The summed E-state index contributed by atoms with van der Waals surface area (Å²) in [6, 6.07) is 11.4. The Balaban J connectivity index is 1.59. The molecule has 0 atom stereocenters. The molecule has 5 rings (SSSR count).